The minimum atomic E-state index is -0.312. The fraction of sp³-hybridized carbons (Fsp3) is 0.714. The quantitative estimate of drug-likeness (QED) is 0.387. The van der Waals surface area contributed by atoms with Crippen LogP contribution in [0.5, 0.6) is 0 Å². The molecule has 0 spiro atoms. The van der Waals surface area contributed by atoms with Crippen LogP contribution in [0.4, 0.5) is 4.79 Å². The lowest BCUT2D eigenvalue weighted by Gasteiger charge is -2.38. The number of nitrogens with one attached hydrogen (secondary N) is 3. The molecular formula is C28H45ClN4O3. The van der Waals surface area contributed by atoms with Crippen LogP contribution in [0.25, 0.3) is 0 Å². The molecule has 1 heterocycles. The van der Waals surface area contributed by atoms with Gasteiger partial charge in [-0.1, -0.05) is 55.8 Å². The molecule has 36 heavy (non-hydrogen) atoms. The summed E-state index contributed by atoms with van der Waals surface area (Å²) >= 11 is 6.29. The number of hydrogen-bond donors (Lipinski definition) is 3. The molecule has 1 aromatic carbocycles. The molecule has 1 aliphatic heterocycles. The molecule has 1 aliphatic carbocycles. The maximum atomic E-state index is 13.3. The summed E-state index contributed by atoms with van der Waals surface area (Å²) in [6.45, 7) is 5.93. The zero-order valence-corrected chi connectivity index (χ0v) is 23.0. The standard InChI is InChI=1S/C28H45ClN4O3/c1-20(2)31-26(34)19-36-27(22-11-7-13-24(29)16-22)23-12-8-14-33(18-23)28(35)32-25(17-30-3)15-21-9-5-4-6-10-21/h7,11,13,16,20-21,23,25,27,30H,4-6,8-10,12,14-15,17-19H2,1-3H3,(H,31,34)(H,32,35). The van der Waals surface area contributed by atoms with Crippen LogP contribution < -0.4 is 16.0 Å². The van der Waals surface area contributed by atoms with Gasteiger partial charge in [0.05, 0.1) is 6.10 Å². The van der Waals surface area contributed by atoms with Crippen LogP contribution in [0.3, 0.4) is 0 Å². The van der Waals surface area contributed by atoms with Crippen molar-refractivity contribution >= 4 is 23.5 Å². The maximum absolute atomic E-state index is 13.3. The summed E-state index contributed by atoms with van der Waals surface area (Å²) in [6, 6.07) is 7.82. The van der Waals surface area contributed by atoms with Crippen LogP contribution in [0.15, 0.2) is 24.3 Å². The number of rotatable bonds is 11. The minimum absolute atomic E-state index is 0.00171. The first kappa shape index (κ1) is 28.7. The molecule has 3 amide bonds. The number of carbonyl (C=O) groups excluding carboxylic acids is 2. The lowest BCUT2D eigenvalue weighted by molar-refractivity contribution is -0.130. The Hall–Kier alpha value is -1.83. The van der Waals surface area contributed by atoms with E-state index in [4.69, 9.17) is 16.3 Å². The molecule has 3 unspecified atom stereocenters. The van der Waals surface area contributed by atoms with Crippen molar-refractivity contribution in [1.29, 1.82) is 0 Å². The fourth-order valence-corrected chi connectivity index (χ4v) is 5.89. The van der Waals surface area contributed by atoms with Gasteiger partial charge in [0.25, 0.3) is 0 Å². The summed E-state index contributed by atoms with van der Waals surface area (Å²) < 4.78 is 6.19. The Morgan fingerprint density at radius 3 is 2.58 bits per heavy atom. The lowest BCUT2D eigenvalue weighted by atomic mass is 9.85. The van der Waals surface area contributed by atoms with Crippen LogP contribution in [0.1, 0.15) is 76.9 Å². The van der Waals surface area contributed by atoms with Crippen LogP contribution in [-0.4, -0.2) is 62.2 Å². The van der Waals surface area contributed by atoms with Gasteiger partial charge in [0.2, 0.25) is 5.91 Å². The largest absolute Gasteiger partial charge is 0.363 e. The second-order valence-electron chi connectivity index (χ2n) is 10.8. The molecule has 0 bridgehead atoms. The van der Waals surface area contributed by atoms with E-state index in [2.05, 4.69) is 16.0 Å². The summed E-state index contributed by atoms with van der Waals surface area (Å²) in [5.74, 6) is 0.639. The fourth-order valence-electron chi connectivity index (χ4n) is 5.69. The van der Waals surface area contributed by atoms with E-state index in [1.807, 2.05) is 50.1 Å². The van der Waals surface area contributed by atoms with E-state index in [0.717, 1.165) is 37.9 Å². The van der Waals surface area contributed by atoms with Crippen molar-refractivity contribution in [2.45, 2.75) is 83.4 Å². The van der Waals surface area contributed by atoms with Crippen molar-refractivity contribution in [1.82, 2.24) is 20.9 Å². The Morgan fingerprint density at radius 2 is 1.89 bits per heavy atom. The average molecular weight is 521 g/mol. The van der Waals surface area contributed by atoms with Crippen LogP contribution in [0, 0.1) is 11.8 Å². The summed E-state index contributed by atoms with van der Waals surface area (Å²) in [7, 11) is 1.94. The van der Waals surface area contributed by atoms with Gasteiger partial charge in [-0.15, -0.1) is 0 Å². The lowest BCUT2D eigenvalue weighted by Crippen LogP contribution is -2.52. The van der Waals surface area contributed by atoms with Gasteiger partial charge in [-0.3, -0.25) is 4.79 Å². The first-order valence-electron chi connectivity index (χ1n) is 13.7. The predicted octanol–water partition coefficient (Wildman–Crippen LogP) is 4.90. The third-order valence-electron chi connectivity index (χ3n) is 7.31. The second-order valence-corrected chi connectivity index (χ2v) is 11.2. The molecule has 2 aliphatic rings. The highest BCUT2D eigenvalue weighted by Gasteiger charge is 2.32. The number of benzene rings is 1. The summed E-state index contributed by atoms with van der Waals surface area (Å²) in [5.41, 5.74) is 0.942. The average Bonchev–Trinajstić information content (AvgIpc) is 2.85. The zero-order valence-electron chi connectivity index (χ0n) is 22.2. The molecule has 7 nitrogen and oxygen atoms in total. The topological polar surface area (TPSA) is 82.7 Å². The molecule has 1 aromatic rings. The van der Waals surface area contributed by atoms with E-state index in [1.54, 1.807) is 0 Å². The number of nitrogens with zero attached hydrogens (tertiary/aromatic N) is 1. The number of likely N-dealkylation sites (N-methyl/N-ethyl adjacent to an activating group) is 1. The summed E-state index contributed by atoms with van der Waals surface area (Å²) in [5, 5.41) is 10.1. The number of urea groups is 1. The molecule has 2 fully saturated rings. The predicted molar refractivity (Wildman–Crippen MR) is 145 cm³/mol. The Bertz CT molecular complexity index is 831. The van der Waals surface area contributed by atoms with Gasteiger partial charge in [-0.25, -0.2) is 4.79 Å². The highest BCUT2D eigenvalue weighted by molar-refractivity contribution is 6.30. The highest BCUT2D eigenvalue weighted by Crippen LogP contribution is 2.34. The van der Waals surface area contributed by atoms with E-state index in [-0.39, 0.29) is 42.7 Å². The van der Waals surface area contributed by atoms with Crippen LogP contribution in [0.2, 0.25) is 5.02 Å². The Morgan fingerprint density at radius 1 is 1.11 bits per heavy atom. The SMILES string of the molecule is CNCC(CC1CCCCC1)NC(=O)N1CCCC(C(OCC(=O)NC(C)C)c2cccc(Cl)c2)C1. The number of ether oxygens (including phenoxy) is 1. The smallest absolute Gasteiger partial charge is 0.317 e. The molecular weight excluding hydrogens is 476 g/mol. The highest BCUT2D eigenvalue weighted by atomic mass is 35.5. The van der Waals surface area contributed by atoms with Crippen molar-refractivity contribution in [2.75, 3.05) is 33.3 Å². The zero-order chi connectivity index (χ0) is 25.9. The first-order chi connectivity index (χ1) is 17.4. The van der Waals surface area contributed by atoms with Gasteiger partial charge in [0.1, 0.15) is 6.61 Å². The van der Waals surface area contributed by atoms with E-state index >= 15 is 0 Å². The number of likely N-dealkylation sites (tertiary alicyclic amines) is 1. The van der Waals surface area contributed by atoms with Gasteiger partial charge in [-0.05, 0) is 63.8 Å². The number of piperidine rings is 1. The molecule has 8 heteroatoms. The maximum Gasteiger partial charge on any atom is 0.317 e. The summed E-state index contributed by atoms with van der Waals surface area (Å²) in [6.07, 6.45) is 9.03. The molecule has 0 radical (unpaired) electrons. The first-order valence-corrected chi connectivity index (χ1v) is 14.1. The van der Waals surface area contributed by atoms with Crippen molar-refractivity contribution in [3.05, 3.63) is 34.9 Å². The molecule has 3 N–H and O–H groups in total. The Labute approximate surface area is 222 Å². The molecule has 3 atom stereocenters. The van der Waals surface area contributed by atoms with Gasteiger partial charge in [-0.2, -0.15) is 0 Å². The van der Waals surface area contributed by atoms with Crippen molar-refractivity contribution < 1.29 is 14.3 Å². The summed E-state index contributed by atoms with van der Waals surface area (Å²) in [4.78, 5) is 27.6. The molecule has 1 saturated heterocycles. The van der Waals surface area contributed by atoms with E-state index in [9.17, 15) is 9.59 Å². The van der Waals surface area contributed by atoms with Gasteiger partial charge in [0.15, 0.2) is 0 Å². The molecule has 1 saturated carbocycles. The molecule has 0 aromatic heterocycles. The number of hydrogen-bond acceptors (Lipinski definition) is 4. The van der Waals surface area contributed by atoms with Gasteiger partial charge in [0, 0.05) is 42.7 Å². The van der Waals surface area contributed by atoms with Crippen molar-refractivity contribution in [3.8, 4) is 0 Å². The van der Waals surface area contributed by atoms with Gasteiger partial charge >= 0.3 is 6.03 Å². The van der Waals surface area contributed by atoms with Crippen molar-refractivity contribution in [3.63, 3.8) is 0 Å². The Balaban J connectivity index is 1.65. The van der Waals surface area contributed by atoms with E-state index in [0.29, 0.717) is 17.5 Å². The van der Waals surface area contributed by atoms with E-state index < -0.39 is 0 Å². The van der Waals surface area contributed by atoms with Crippen LogP contribution >= 0.6 is 11.6 Å². The monoisotopic (exact) mass is 520 g/mol. The number of carbonyl (C=O) groups is 2. The van der Waals surface area contributed by atoms with E-state index in [1.165, 1.54) is 32.1 Å². The number of halogens is 1. The van der Waals surface area contributed by atoms with Crippen molar-refractivity contribution in [2.24, 2.45) is 11.8 Å². The minimum Gasteiger partial charge on any atom is -0.363 e. The Kier molecular flexibility index (Phi) is 11.8. The van der Waals surface area contributed by atoms with Gasteiger partial charge < -0.3 is 25.6 Å². The normalized spacial score (nSPS) is 20.7. The molecule has 3 rings (SSSR count). The number of amides is 3. The van der Waals surface area contributed by atoms with Crippen LogP contribution in [-0.2, 0) is 9.53 Å². The third-order valence-corrected chi connectivity index (χ3v) is 7.55. The third kappa shape index (κ3) is 9.24. The molecule has 202 valence electrons. The second kappa shape index (κ2) is 14.8.